The molecule has 0 aliphatic heterocycles. The Kier molecular flexibility index (Phi) is 3.89. The quantitative estimate of drug-likeness (QED) is 0.670. The van der Waals surface area contributed by atoms with Gasteiger partial charge in [-0.25, -0.2) is 0 Å². The van der Waals surface area contributed by atoms with Crippen LogP contribution in [0.1, 0.15) is 16.8 Å². The summed E-state index contributed by atoms with van der Waals surface area (Å²) in [6.07, 6.45) is -0.515. The lowest BCUT2D eigenvalue weighted by Gasteiger charge is -2.09. The Labute approximate surface area is 115 Å². The molecule has 0 aromatic heterocycles. The Hall–Kier alpha value is -2.56. The topological polar surface area (TPSA) is 72.8 Å². The zero-order valence-electron chi connectivity index (χ0n) is 11.2. The highest BCUT2D eigenvalue weighted by Crippen LogP contribution is 2.32. The molecular weight excluding hydrogens is 260 g/mol. The Morgan fingerprint density at radius 3 is 2.15 bits per heavy atom. The number of ketones is 1. The number of aliphatic carboxylic acids is 1. The Balaban J connectivity index is 2.48. The lowest BCUT2D eigenvalue weighted by atomic mass is 10.0. The third-order valence-electron chi connectivity index (χ3n) is 2.98. The minimum Gasteiger partial charge on any atom is -0.493 e. The Bertz CT molecular complexity index is 675. The summed E-state index contributed by atoms with van der Waals surface area (Å²) in [5.74, 6) is -0.399. The second kappa shape index (κ2) is 5.61. The van der Waals surface area contributed by atoms with Crippen molar-refractivity contribution in [3.05, 3.63) is 35.9 Å². The SMILES string of the molecule is COc1cc2ccc(C(=O)CC(=O)O)cc2cc1OC. The van der Waals surface area contributed by atoms with E-state index in [1.165, 1.54) is 7.11 Å². The molecule has 0 aliphatic carbocycles. The minimum absolute atomic E-state index is 0.368. The molecule has 5 heteroatoms. The number of hydrogen-bond acceptors (Lipinski definition) is 4. The predicted molar refractivity (Wildman–Crippen MR) is 73.6 cm³/mol. The smallest absolute Gasteiger partial charge is 0.311 e. The van der Waals surface area contributed by atoms with Gasteiger partial charge in [-0.05, 0) is 29.0 Å². The lowest BCUT2D eigenvalue weighted by molar-refractivity contribution is -0.135. The van der Waals surface area contributed by atoms with Crippen molar-refractivity contribution in [2.45, 2.75) is 6.42 Å². The third kappa shape index (κ3) is 2.71. The van der Waals surface area contributed by atoms with Gasteiger partial charge in [0.1, 0.15) is 6.42 Å². The van der Waals surface area contributed by atoms with E-state index in [1.807, 2.05) is 0 Å². The van der Waals surface area contributed by atoms with Crippen LogP contribution in [0.2, 0.25) is 0 Å². The summed E-state index contributed by atoms with van der Waals surface area (Å²) in [4.78, 5) is 22.3. The van der Waals surface area contributed by atoms with E-state index in [9.17, 15) is 9.59 Å². The van der Waals surface area contributed by atoms with Gasteiger partial charge in [0, 0.05) is 5.56 Å². The molecule has 0 radical (unpaired) electrons. The lowest BCUT2D eigenvalue weighted by Crippen LogP contribution is -2.06. The number of carbonyl (C=O) groups excluding carboxylic acids is 1. The molecule has 0 unspecified atom stereocenters. The van der Waals surface area contributed by atoms with Crippen molar-refractivity contribution in [2.24, 2.45) is 0 Å². The fraction of sp³-hybridized carbons (Fsp3) is 0.200. The standard InChI is InChI=1S/C15H14O5/c1-19-13-6-9-3-4-10(12(16)8-15(17)18)5-11(9)7-14(13)20-2/h3-7H,8H2,1-2H3,(H,17,18). The van der Waals surface area contributed by atoms with E-state index in [0.29, 0.717) is 17.1 Å². The second-order valence-electron chi connectivity index (χ2n) is 4.26. The highest BCUT2D eigenvalue weighted by Gasteiger charge is 2.12. The first-order valence-electron chi connectivity index (χ1n) is 5.96. The number of Topliss-reactive ketones (excluding diaryl/α,β-unsaturated/α-hetero) is 1. The molecule has 0 heterocycles. The van der Waals surface area contributed by atoms with E-state index in [0.717, 1.165) is 10.8 Å². The van der Waals surface area contributed by atoms with Crippen molar-refractivity contribution in [1.29, 1.82) is 0 Å². The number of carboxylic acid groups (broad SMARTS) is 1. The monoisotopic (exact) mass is 274 g/mol. The van der Waals surface area contributed by atoms with Crippen LogP contribution in [-0.2, 0) is 4.79 Å². The van der Waals surface area contributed by atoms with Crippen LogP contribution in [0.5, 0.6) is 11.5 Å². The fourth-order valence-electron chi connectivity index (χ4n) is 1.99. The average molecular weight is 274 g/mol. The number of rotatable bonds is 5. The third-order valence-corrected chi connectivity index (χ3v) is 2.98. The first kappa shape index (κ1) is 13.9. The molecule has 5 nitrogen and oxygen atoms in total. The zero-order chi connectivity index (χ0) is 14.7. The van der Waals surface area contributed by atoms with Crippen LogP contribution in [0, 0.1) is 0 Å². The predicted octanol–water partition coefficient (Wildman–Crippen LogP) is 2.51. The van der Waals surface area contributed by atoms with Crippen LogP contribution >= 0.6 is 0 Å². The average Bonchev–Trinajstić information content (AvgIpc) is 2.44. The normalized spacial score (nSPS) is 10.3. The van der Waals surface area contributed by atoms with Gasteiger partial charge in [0.15, 0.2) is 17.3 Å². The van der Waals surface area contributed by atoms with Crippen molar-refractivity contribution >= 4 is 22.5 Å². The van der Waals surface area contributed by atoms with Gasteiger partial charge in [-0.1, -0.05) is 12.1 Å². The number of fused-ring (bicyclic) bond motifs is 1. The van der Waals surface area contributed by atoms with Gasteiger partial charge in [-0.15, -0.1) is 0 Å². The summed E-state index contributed by atoms with van der Waals surface area (Å²) < 4.78 is 10.4. The van der Waals surface area contributed by atoms with E-state index in [2.05, 4.69) is 0 Å². The van der Waals surface area contributed by atoms with Crippen LogP contribution in [0.15, 0.2) is 30.3 Å². The van der Waals surface area contributed by atoms with E-state index in [1.54, 1.807) is 37.4 Å². The molecule has 0 bridgehead atoms. The number of carbonyl (C=O) groups is 2. The van der Waals surface area contributed by atoms with Crippen LogP contribution in [0.3, 0.4) is 0 Å². The van der Waals surface area contributed by atoms with Gasteiger partial charge in [0.05, 0.1) is 14.2 Å². The first-order valence-corrected chi connectivity index (χ1v) is 5.96. The summed E-state index contributed by atoms with van der Waals surface area (Å²) in [5, 5.41) is 10.3. The molecule has 0 amide bonds. The molecule has 0 fully saturated rings. The molecule has 2 rings (SSSR count). The molecule has 0 spiro atoms. The van der Waals surface area contributed by atoms with Crippen molar-refractivity contribution in [3.8, 4) is 11.5 Å². The number of hydrogen-bond donors (Lipinski definition) is 1. The molecule has 0 aliphatic rings. The van der Waals surface area contributed by atoms with E-state index in [4.69, 9.17) is 14.6 Å². The molecular formula is C15H14O5. The van der Waals surface area contributed by atoms with Crippen LogP contribution in [0.25, 0.3) is 10.8 Å². The molecule has 0 saturated carbocycles. The summed E-state index contributed by atoms with van der Waals surface area (Å²) in [5.41, 5.74) is 0.368. The van der Waals surface area contributed by atoms with Gasteiger partial charge in [0.2, 0.25) is 0 Å². The Morgan fingerprint density at radius 2 is 1.60 bits per heavy atom. The van der Waals surface area contributed by atoms with Crippen molar-refractivity contribution in [3.63, 3.8) is 0 Å². The molecule has 2 aromatic rings. The van der Waals surface area contributed by atoms with Gasteiger partial charge in [-0.3, -0.25) is 9.59 Å². The highest BCUT2D eigenvalue weighted by molar-refractivity contribution is 6.07. The van der Waals surface area contributed by atoms with E-state index < -0.39 is 18.2 Å². The number of ether oxygens (including phenoxy) is 2. The minimum atomic E-state index is -1.14. The van der Waals surface area contributed by atoms with Gasteiger partial charge in [0.25, 0.3) is 0 Å². The number of carboxylic acids is 1. The zero-order valence-corrected chi connectivity index (χ0v) is 11.2. The Morgan fingerprint density at radius 1 is 1.00 bits per heavy atom. The second-order valence-corrected chi connectivity index (χ2v) is 4.26. The summed E-state index contributed by atoms with van der Waals surface area (Å²) in [6.45, 7) is 0. The molecule has 20 heavy (non-hydrogen) atoms. The van der Waals surface area contributed by atoms with Crippen molar-refractivity contribution in [1.82, 2.24) is 0 Å². The molecule has 0 atom stereocenters. The van der Waals surface area contributed by atoms with Crippen LogP contribution < -0.4 is 9.47 Å². The van der Waals surface area contributed by atoms with Gasteiger partial charge < -0.3 is 14.6 Å². The fourth-order valence-corrected chi connectivity index (χ4v) is 1.99. The van der Waals surface area contributed by atoms with Gasteiger partial charge in [-0.2, -0.15) is 0 Å². The number of benzene rings is 2. The summed E-state index contributed by atoms with van der Waals surface area (Å²) >= 11 is 0. The largest absolute Gasteiger partial charge is 0.493 e. The van der Waals surface area contributed by atoms with E-state index in [-0.39, 0.29) is 0 Å². The maximum Gasteiger partial charge on any atom is 0.311 e. The highest BCUT2D eigenvalue weighted by atomic mass is 16.5. The molecule has 2 aromatic carbocycles. The summed E-state index contributed by atoms with van der Waals surface area (Å²) in [7, 11) is 3.08. The van der Waals surface area contributed by atoms with Crippen LogP contribution in [-0.4, -0.2) is 31.1 Å². The molecule has 104 valence electrons. The molecule has 0 saturated heterocycles. The first-order chi connectivity index (χ1) is 9.55. The maximum atomic E-state index is 11.7. The number of methoxy groups -OCH3 is 2. The maximum absolute atomic E-state index is 11.7. The summed E-state index contributed by atoms with van der Waals surface area (Å²) in [6, 6.07) is 8.58. The molecule has 1 N–H and O–H groups in total. The van der Waals surface area contributed by atoms with Crippen molar-refractivity contribution < 1.29 is 24.2 Å². The van der Waals surface area contributed by atoms with E-state index >= 15 is 0 Å². The van der Waals surface area contributed by atoms with Gasteiger partial charge >= 0.3 is 5.97 Å². The van der Waals surface area contributed by atoms with Crippen molar-refractivity contribution in [2.75, 3.05) is 14.2 Å². The van der Waals surface area contributed by atoms with Crippen LogP contribution in [0.4, 0.5) is 0 Å².